The first-order valence-corrected chi connectivity index (χ1v) is 14.5. The lowest BCUT2D eigenvalue weighted by atomic mass is 9.89. The number of carbonyl (C=O) groups excluding carboxylic acids is 1. The Balaban J connectivity index is 1.44. The van der Waals surface area contributed by atoms with Gasteiger partial charge in [0, 0.05) is 24.5 Å². The summed E-state index contributed by atoms with van der Waals surface area (Å²) in [4.78, 5) is 22.1. The van der Waals surface area contributed by atoms with E-state index >= 15 is 0 Å². The third-order valence-electron chi connectivity index (χ3n) is 7.48. The Morgan fingerprint density at radius 2 is 1.59 bits per heavy atom. The van der Waals surface area contributed by atoms with Crippen LogP contribution >= 0.6 is 11.3 Å². The molecule has 3 aromatic heterocycles. The van der Waals surface area contributed by atoms with E-state index in [1.807, 2.05) is 0 Å². The maximum absolute atomic E-state index is 14.9. The number of aromatic nitrogens is 4. The first kappa shape index (κ1) is 31.5. The summed E-state index contributed by atoms with van der Waals surface area (Å²) < 4.78 is 129. The summed E-state index contributed by atoms with van der Waals surface area (Å²) >= 11 is 1.22. The molecule has 5 aromatic rings. The molecule has 0 unspecified atom stereocenters. The number of carbonyl (C=O) groups is 1. The number of alkyl halides is 6. The maximum atomic E-state index is 14.9. The van der Waals surface area contributed by atoms with Crippen LogP contribution in [0.1, 0.15) is 53.5 Å². The quantitative estimate of drug-likeness (QED) is 0.170. The van der Waals surface area contributed by atoms with Crippen LogP contribution in [0.2, 0.25) is 0 Å². The van der Waals surface area contributed by atoms with E-state index in [1.54, 1.807) is 6.07 Å². The molecule has 6 nitrogen and oxygen atoms in total. The molecule has 0 bridgehead atoms. The summed E-state index contributed by atoms with van der Waals surface area (Å²) in [5.41, 5.74) is -2.07. The summed E-state index contributed by atoms with van der Waals surface area (Å²) in [5.74, 6) is -11.6. The molecule has 240 valence electrons. The predicted molar refractivity (Wildman–Crippen MR) is 148 cm³/mol. The highest BCUT2D eigenvalue weighted by Gasteiger charge is 2.55. The number of fused-ring (bicyclic) bond motifs is 2. The first-order chi connectivity index (χ1) is 21.7. The van der Waals surface area contributed by atoms with Gasteiger partial charge < -0.3 is 5.32 Å². The molecule has 2 aromatic carbocycles. The van der Waals surface area contributed by atoms with E-state index in [1.165, 1.54) is 41.1 Å². The number of hydrogen-bond donors (Lipinski definition) is 1. The average molecular weight is 670 g/mol. The zero-order valence-corrected chi connectivity index (χ0v) is 24.0. The van der Waals surface area contributed by atoms with Gasteiger partial charge in [-0.25, -0.2) is 40.7 Å². The van der Waals surface area contributed by atoms with Crippen LogP contribution in [0.3, 0.4) is 0 Å². The third-order valence-corrected chi connectivity index (χ3v) is 8.25. The fourth-order valence-electron chi connectivity index (χ4n) is 5.53. The van der Waals surface area contributed by atoms with E-state index in [9.17, 15) is 44.3 Å². The fraction of sp³-hybridized carbons (Fsp3) is 0.267. The Hall–Kier alpha value is -4.47. The molecule has 46 heavy (non-hydrogen) atoms. The molecule has 16 heteroatoms. The van der Waals surface area contributed by atoms with Gasteiger partial charge in [0.05, 0.1) is 27.5 Å². The Labute approximate surface area is 257 Å². The number of amides is 1. The number of thiazole rings is 1. The van der Waals surface area contributed by atoms with Crippen LogP contribution in [-0.2, 0) is 29.6 Å². The van der Waals surface area contributed by atoms with Crippen molar-refractivity contribution < 1.29 is 44.3 Å². The summed E-state index contributed by atoms with van der Waals surface area (Å²) in [6.45, 7) is -1.18. The molecule has 0 radical (unpaired) electrons. The Kier molecular flexibility index (Phi) is 8.02. The van der Waals surface area contributed by atoms with Gasteiger partial charge in [-0.2, -0.15) is 13.9 Å². The van der Waals surface area contributed by atoms with Gasteiger partial charge in [0.1, 0.15) is 35.4 Å². The molecule has 1 amide bonds. The van der Waals surface area contributed by atoms with Crippen molar-refractivity contribution in [2.45, 2.75) is 50.1 Å². The van der Waals surface area contributed by atoms with Gasteiger partial charge >= 0.3 is 0 Å². The second-order valence-electron chi connectivity index (χ2n) is 10.7. The van der Waals surface area contributed by atoms with Crippen LogP contribution in [0.25, 0.3) is 21.5 Å². The number of nitrogens with one attached hydrogen (secondary N) is 1. The monoisotopic (exact) mass is 669 g/mol. The van der Waals surface area contributed by atoms with E-state index in [2.05, 4.69) is 20.4 Å². The van der Waals surface area contributed by atoms with Crippen molar-refractivity contribution in [3.05, 3.63) is 99.7 Å². The van der Waals surface area contributed by atoms with Crippen molar-refractivity contribution in [3.8, 4) is 11.1 Å². The molecule has 0 saturated carbocycles. The van der Waals surface area contributed by atoms with Crippen molar-refractivity contribution in [2.24, 2.45) is 0 Å². The normalized spacial score (nSPS) is 16.0. The van der Waals surface area contributed by atoms with Gasteiger partial charge in [-0.05, 0) is 47.9 Å². The first-order valence-electron chi connectivity index (χ1n) is 13.6. The predicted octanol–water partition coefficient (Wildman–Crippen LogP) is 7.99. The van der Waals surface area contributed by atoms with E-state index < -0.39 is 84.0 Å². The van der Waals surface area contributed by atoms with E-state index in [-0.39, 0.29) is 28.0 Å². The lowest BCUT2D eigenvalue weighted by Crippen LogP contribution is -2.37. The van der Waals surface area contributed by atoms with Crippen LogP contribution in [0.5, 0.6) is 0 Å². The topological polar surface area (TPSA) is 72.7 Å². The zero-order chi connectivity index (χ0) is 33.0. The summed E-state index contributed by atoms with van der Waals surface area (Å²) in [6, 6.07) is 8.16. The number of rotatable bonds is 8. The molecule has 0 saturated heterocycles. The molecule has 0 spiro atoms. The lowest BCUT2D eigenvalue weighted by molar-refractivity contribution is -0.123. The van der Waals surface area contributed by atoms with Gasteiger partial charge in [-0.1, -0.05) is 12.1 Å². The van der Waals surface area contributed by atoms with Crippen molar-refractivity contribution in [3.63, 3.8) is 0 Å². The van der Waals surface area contributed by atoms with E-state index in [0.717, 1.165) is 12.1 Å². The number of hydrogen-bond acceptors (Lipinski definition) is 5. The summed E-state index contributed by atoms with van der Waals surface area (Å²) in [5, 5.41) is 5.82. The van der Waals surface area contributed by atoms with Crippen LogP contribution in [0, 0.1) is 17.5 Å². The van der Waals surface area contributed by atoms with E-state index in [4.69, 9.17) is 0 Å². The molecular weight excluding hydrogens is 649 g/mol. The second kappa shape index (κ2) is 11.7. The van der Waals surface area contributed by atoms with Crippen LogP contribution in [0.4, 0.5) is 39.5 Å². The maximum Gasteiger partial charge on any atom is 0.290 e. The fourth-order valence-corrected chi connectivity index (χ4v) is 6.19. The largest absolute Gasteiger partial charge is 0.346 e. The highest BCUT2D eigenvalue weighted by atomic mass is 32.1. The van der Waals surface area contributed by atoms with E-state index in [0.29, 0.717) is 21.9 Å². The van der Waals surface area contributed by atoms with Crippen molar-refractivity contribution in [2.75, 3.05) is 0 Å². The highest BCUT2D eigenvalue weighted by Crippen LogP contribution is 2.52. The number of benzene rings is 2. The minimum absolute atomic E-state index is 0.0376. The lowest BCUT2D eigenvalue weighted by Gasteiger charge is -2.29. The SMILES string of the molecule is O=C(Cn1nc(C(F)F)c2c1C(F)(F)CCC2(F)F)N[C@@H](Cc1cc(F)cc(F)c1)c1nc2ncsc2cc1-c1ccc(F)cc1. The highest BCUT2D eigenvalue weighted by molar-refractivity contribution is 7.16. The minimum Gasteiger partial charge on any atom is -0.346 e. The van der Waals surface area contributed by atoms with Gasteiger partial charge in [0.25, 0.3) is 18.3 Å². The Morgan fingerprint density at radius 3 is 2.26 bits per heavy atom. The molecule has 1 aliphatic rings. The molecule has 1 atom stereocenters. The molecule has 1 aliphatic carbocycles. The number of pyridine rings is 1. The van der Waals surface area contributed by atoms with Gasteiger partial charge in [0.2, 0.25) is 5.91 Å². The zero-order valence-electron chi connectivity index (χ0n) is 23.2. The van der Waals surface area contributed by atoms with Crippen LogP contribution in [-0.4, -0.2) is 25.7 Å². The number of halogens is 9. The third kappa shape index (κ3) is 6.04. The molecule has 6 rings (SSSR count). The van der Waals surface area contributed by atoms with Gasteiger partial charge in [0.15, 0.2) is 5.65 Å². The molecule has 3 heterocycles. The molecule has 1 N–H and O–H groups in total. The van der Waals surface area contributed by atoms with Gasteiger partial charge in [-0.3, -0.25) is 9.48 Å². The Morgan fingerprint density at radius 1 is 0.913 bits per heavy atom. The Bertz CT molecular complexity index is 1920. The van der Waals surface area contributed by atoms with Crippen LogP contribution in [0.15, 0.2) is 54.0 Å². The second-order valence-corrected chi connectivity index (χ2v) is 11.6. The van der Waals surface area contributed by atoms with Gasteiger partial charge in [-0.15, -0.1) is 11.3 Å². The number of nitrogens with zero attached hydrogens (tertiary/aromatic N) is 4. The molecular formula is C30H20F9N5OS. The van der Waals surface area contributed by atoms with Crippen LogP contribution < -0.4 is 5.32 Å². The average Bonchev–Trinajstić information content (AvgIpc) is 3.60. The smallest absolute Gasteiger partial charge is 0.290 e. The molecule has 0 fully saturated rings. The van der Waals surface area contributed by atoms with Crippen molar-refractivity contribution >= 4 is 27.6 Å². The van der Waals surface area contributed by atoms with Crippen molar-refractivity contribution in [1.82, 2.24) is 25.1 Å². The summed E-state index contributed by atoms with van der Waals surface area (Å²) in [6.07, 6.45) is -6.73. The standard InChI is InChI=1S/C30H20F9N5OS/c31-16-3-1-15(2-4-16)19-11-21-28(40-13-46-21)42-24(19)20(9-14-7-17(32)10-18(33)8-14)41-22(45)12-44-26-23(25(43-44)27(34)35)29(36,37)5-6-30(26,38)39/h1-4,7-8,10-11,13,20,27H,5-6,9,12H2,(H,41,45)/t20-/m0/s1. The van der Waals surface area contributed by atoms with Crippen molar-refractivity contribution in [1.29, 1.82) is 0 Å². The summed E-state index contributed by atoms with van der Waals surface area (Å²) in [7, 11) is 0. The minimum atomic E-state index is -4.04. The molecule has 0 aliphatic heterocycles.